The minimum atomic E-state index is 0.347. The van der Waals surface area contributed by atoms with Gasteiger partial charge in [0.1, 0.15) is 0 Å². The molecule has 96 valence electrons. The highest BCUT2D eigenvalue weighted by molar-refractivity contribution is 9.10. The van der Waals surface area contributed by atoms with Gasteiger partial charge < -0.3 is 10.1 Å². The molecule has 0 saturated heterocycles. The molecule has 0 fully saturated rings. The Morgan fingerprint density at radius 2 is 1.89 bits per heavy atom. The van der Waals surface area contributed by atoms with Crippen LogP contribution in [0.3, 0.4) is 0 Å². The molecule has 2 nitrogen and oxygen atoms in total. The zero-order valence-electron chi connectivity index (χ0n) is 10.7. The molecule has 2 aromatic carbocycles. The summed E-state index contributed by atoms with van der Waals surface area (Å²) in [6, 6.07) is 12.9. The molecule has 3 heteroatoms. The van der Waals surface area contributed by atoms with E-state index in [9.17, 15) is 0 Å². The average molecular weight is 308 g/mol. The van der Waals surface area contributed by atoms with Crippen molar-refractivity contribution in [1.29, 1.82) is 0 Å². The summed E-state index contributed by atoms with van der Waals surface area (Å²) >= 11 is 3.59. The van der Waals surface area contributed by atoms with Crippen LogP contribution in [0.4, 0.5) is 5.69 Å². The maximum absolute atomic E-state index is 5.23. The number of methoxy groups -OCH3 is 1. The molecule has 0 aliphatic heterocycles. The summed E-state index contributed by atoms with van der Waals surface area (Å²) in [6.07, 6.45) is 1.04. The molecule has 0 radical (unpaired) electrons. The van der Waals surface area contributed by atoms with Gasteiger partial charge in [0.05, 0.1) is 6.61 Å². The number of anilines is 1. The lowest BCUT2D eigenvalue weighted by Crippen LogP contribution is -2.23. The summed E-state index contributed by atoms with van der Waals surface area (Å²) in [5.41, 5.74) is 1.16. The van der Waals surface area contributed by atoms with Crippen LogP contribution in [-0.2, 0) is 4.74 Å². The van der Waals surface area contributed by atoms with E-state index in [-0.39, 0.29) is 0 Å². The van der Waals surface area contributed by atoms with E-state index in [4.69, 9.17) is 4.74 Å². The number of nitrogens with one attached hydrogen (secondary N) is 1. The molecule has 0 aromatic heterocycles. The van der Waals surface area contributed by atoms with Crippen LogP contribution in [0.15, 0.2) is 40.9 Å². The number of rotatable bonds is 5. The molecule has 18 heavy (non-hydrogen) atoms. The molecule has 0 aliphatic rings. The Bertz CT molecular complexity index is 527. The molecule has 0 bridgehead atoms. The summed E-state index contributed by atoms with van der Waals surface area (Å²) in [7, 11) is 1.74. The van der Waals surface area contributed by atoms with E-state index in [1.54, 1.807) is 7.11 Å². The SMILES string of the molecule is CCC(COC)Nc1ccc(Br)c2ccccc12. The first kappa shape index (κ1) is 13.4. The third-order valence-corrected chi connectivity index (χ3v) is 3.78. The number of hydrogen-bond donors (Lipinski definition) is 1. The maximum atomic E-state index is 5.23. The van der Waals surface area contributed by atoms with Crippen molar-refractivity contribution >= 4 is 32.4 Å². The van der Waals surface area contributed by atoms with Gasteiger partial charge in [-0.2, -0.15) is 0 Å². The van der Waals surface area contributed by atoms with Gasteiger partial charge in [-0.3, -0.25) is 0 Å². The highest BCUT2D eigenvalue weighted by Crippen LogP contribution is 2.30. The molecule has 0 amide bonds. The van der Waals surface area contributed by atoms with E-state index < -0.39 is 0 Å². The number of hydrogen-bond acceptors (Lipinski definition) is 2. The lowest BCUT2D eigenvalue weighted by Gasteiger charge is -2.19. The molecule has 0 spiro atoms. The first-order chi connectivity index (χ1) is 8.76. The fourth-order valence-corrected chi connectivity index (χ4v) is 2.55. The third kappa shape index (κ3) is 2.85. The van der Waals surface area contributed by atoms with Crippen molar-refractivity contribution in [1.82, 2.24) is 0 Å². The van der Waals surface area contributed by atoms with Gasteiger partial charge in [-0.15, -0.1) is 0 Å². The van der Waals surface area contributed by atoms with Gasteiger partial charge in [0.25, 0.3) is 0 Å². The Labute approximate surface area is 116 Å². The Kier molecular flexibility index (Phi) is 4.61. The van der Waals surface area contributed by atoms with E-state index in [0.29, 0.717) is 6.04 Å². The average Bonchev–Trinajstić information content (AvgIpc) is 2.41. The van der Waals surface area contributed by atoms with E-state index >= 15 is 0 Å². The molecule has 2 rings (SSSR count). The predicted octanol–water partition coefficient (Wildman–Crippen LogP) is 4.44. The van der Waals surface area contributed by atoms with Crippen LogP contribution in [0.1, 0.15) is 13.3 Å². The van der Waals surface area contributed by atoms with Crippen LogP contribution in [0.25, 0.3) is 10.8 Å². The molecular formula is C15H18BrNO. The first-order valence-corrected chi connectivity index (χ1v) is 6.98. The normalized spacial score (nSPS) is 12.6. The minimum Gasteiger partial charge on any atom is -0.383 e. The highest BCUT2D eigenvalue weighted by Gasteiger charge is 2.09. The van der Waals surface area contributed by atoms with Crippen molar-refractivity contribution in [3.8, 4) is 0 Å². The molecular weight excluding hydrogens is 290 g/mol. The first-order valence-electron chi connectivity index (χ1n) is 6.19. The number of ether oxygens (including phenoxy) is 1. The monoisotopic (exact) mass is 307 g/mol. The second-order valence-electron chi connectivity index (χ2n) is 4.35. The summed E-state index contributed by atoms with van der Waals surface area (Å²) in [4.78, 5) is 0. The van der Waals surface area contributed by atoms with Gasteiger partial charge in [-0.25, -0.2) is 0 Å². The zero-order chi connectivity index (χ0) is 13.0. The maximum Gasteiger partial charge on any atom is 0.0663 e. The molecule has 0 saturated carbocycles. The van der Waals surface area contributed by atoms with Gasteiger partial charge >= 0.3 is 0 Å². The Morgan fingerprint density at radius 1 is 1.17 bits per heavy atom. The van der Waals surface area contributed by atoms with Gasteiger partial charge in [-0.1, -0.05) is 47.1 Å². The van der Waals surface area contributed by atoms with Gasteiger partial charge in [0, 0.05) is 28.7 Å². The molecule has 2 aromatic rings. The van der Waals surface area contributed by atoms with Crippen molar-refractivity contribution in [2.45, 2.75) is 19.4 Å². The second kappa shape index (κ2) is 6.21. The lowest BCUT2D eigenvalue weighted by molar-refractivity contribution is 0.184. The van der Waals surface area contributed by atoms with E-state index in [1.165, 1.54) is 10.8 Å². The predicted molar refractivity (Wildman–Crippen MR) is 81.2 cm³/mol. The molecule has 1 N–H and O–H groups in total. The molecule has 1 unspecified atom stereocenters. The van der Waals surface area contributed by atoms with Crippen LogP contribution in [0.5, 0.6) is 0 Å². The molecule has 0 heterocycles. The quantitative estimate of drug-likeness (QED) is 0.881. The number of fused-ring (bicyclic) bond motifs is 1. The van der Waals surface area contributed by atoms with Crippen molar-refractivity contribution in [3.05, 3.63) is 40.9 Å². The fraction of sp³-hybridized carbons (Fsp3) is 0.333. The van der Waals surface area contributed by atoms with Crippen molar-refractivity contribution in [2.75, 3.05) is 19.0 Å². The largest absolute Gasteiger partial charge is 0.383 e. The summed E-state index contributed by atoms with van der Waals surface area (Å²) in [5.74, 6) is 0. The Hall–Kier alpha value is -1.06. The van der Waals surface area contributed by atoms with Crippen molar-refractivity contribution in [2.24, 2.45) is 0 Å². The van der Waals surface area contributed by atoms with Crippen molar-refractivity contribution < 1.29 is 4.74 Å². The van der Waals surface area contributed by atoms with Gasteiger partial charge in [0.15, 0.2) is 0 Å². The Morgan fingerprint density at radius 3 is 2.56 bits per heavy atom. The third-order valence-electron chi connectivity index (χ3n) is 3.09. The fourth-order valence-electron chi connectivity index (χ4n) is 2.07. The second-order valence-corrected chi connectivity index (χ2v) is 5.20. The van der Waals surface area contributed by atoms with E-state index in [0.717, 1.165) is 23.2 Å². The van der Waals surface area contributed by atoms with Crippen LogP contribution in [0.2, 0.25) is 0 Å². The highest BCUT2D eigenvalue weighted by atomic mass is 79.9. The number of halogens is 1. The summed E-state index contributed by atoms with van der Waals surface area (Å²) in [5, 5.41) is 6.02. The van der Waals surface area contributed by atoms with Gasteiger partial charge in [-0.05, 0) is 23.9 Å². The van der Waals surface area contributed by atoms with Crippen LogP contribution < -0.4 is 5.32 Å². The smallest absolute Gasteiger partial charge is 0.0663 e. The van der Waals surface area contributed by atoms with Crippen LogP contribution in [-0.4, -0.2) is 19.8 Å². The summed E-state index contributed by atoms with van der Waals surface area (Å²) in [6.45, 7) is 2.89. The standard InChI is InChI=1S/C15H18BrNO/c1-3-11(10-18-2)17-15-9-8-14(16)12-6-4-5-7-13(12)15/h4-9,11,17H,3,10H2,1-2H3. The number of benzene rings is 2. The van der Waals surface area contributed by atoms with Crippen molar-refractivity contribution in [3.63, 3.8) is 0 Å². The minimum absolute atomic E-state index is 0.347. The molecule has 1 atom stereocenters. The van der Waals surface area contributed by atoms with Crippen LogP contribution in [0, 0.1) is 0 Å². The van der Waals surface area contributed by atoms with E-state index in [2.05, 4.69) is 64.6 Å². The lowest BCUT2D eigenvalue weighted by atomic mass is 10.1. The summed E-state index contributed by atoms with van der Waals surface area (Å²) < 4.78 is 6.36. The van der Waals surface area contributed by atoms with E-state index in [1.807, 2.05) is 0 Å². The zero-order valence-corrected chi connectivity index (χ0v) is 12.3. The Balaban J connectivity index is 2.36. The topological polar surface area (TPSA) is 21.3 Å². The van der Waals surface area contributed by atoms with Crippen LogP contribution >= 0.6 is 15.9 Å². The van der Waals surface area contributed by atoms with Gasteiger partial charge in [0.2, 0.25) is 0 Å². The molecule has 0 aliphatic carbocycles.